The van der Waals surface area contributed by atoms with Crippen LogP contribution in [0.25, 0.3) is 0 Å². The second kappa shape index (κ2) is 6.67. The van der Waals surface area contributed by atoms with Crippen molar-refractivity contribution in [1.82, 2.24) is 0 Å². The minimum atomic E-state index is 0.609. The van der Waals surface area contributed by atoms with Gasteiger partial charge in [-0.2, -0.15) is 5.26 Å². The molecule has 1 N–H and O–H groups in total. The van der Waals surface area contributed by atoms with E-state index in [1.165, 1.54) is 0 Å². The van der Waals surface area contributed by atoms with Crippen LogP contribution in [0.5, 0.6) is 11.5 Å². The van der Waals surface area contributed by atoms with Gasteiger partial charge in [-0.1, -0.05) is 12.1 Å². The molecule has 0 aliphatic heterocycles. The number of benzene rings is 2. The summed E-state index contributed by atoms with van der Waals surface area (Å²) < 4.78 is 10.5. The molecule has 0 saturated carbocycles. The fraction of sp³-hybridized carbons (Fsp3) is 0.235. The number of nitriles is 1. The summed E-state index contributed by atoms with van der Waals surface area (Å²) >= 11 is 0. The van der Waals surface area contributed by atoms with Gasteiger partial charge >= 0.3 is 0 Å². The number of nitrogens with zero attached hydrogens (tertiary/aromatic N) is 1. The topological polar surface area (TPSA) is 54.3 Å². The standard InChI is InChI=1S/C17H18N2O2/c1-12-4-6-15(14(8-12)10-18)19-11-13-5-7-16(20-2)17(9-13)21-3/h4-9,19H,11H2,1-3H3. The molecule has 2 rings (SSSR count). The van der Waals surface area contributed by atoms with Crippen LogP contribution in [0.4, 0.5) is 5.69 Å². The second-order valence-corrected chi connectivity index (χ2v) is 4.70. The highest BCUT2D eigenvalue weighted by atomic mass is 16.5. The van der Waals surface area contributed by atoms with Gasteiger partial charge in [0.15, 0.2) is 11.5 Å². The zero-order valence-electron chi connectivity index (χ0n) is 12.4. The molecule has 0 spiro atoms. The quantitative estimate of drug-likeness (QED) is 0.912. The summed E-state index contributed by atoms with van der Waals surface area (Å²) in [6.45, 7) is 2.58. The van der Waals surface area contributed by atoms with Crippen LogP contribution in [0.2, 0.25) is 0 Å². The number of hydrogen-bond donors (Lipinski definition) is 1. The third-order valence-corrected chi connectivity index (χ3v) is 3.23. The first-order chi connectivity index (χ1) is 10.2. The highest BCUT2D eigenvalue weighted by molar-refractivity contribution is 5.59. The van der Waals surface area contributed by atoms with Crippen LogP contribution in [-0.2, 0) is 6.54 Å². The minimum absolute atomic E-state index is 0.609. The predicted octanol–water partition coefficient (Wildman–Crippen LogP) is 3.50. The van der Waals surface area contributed by atoms with Crippen LogP contribution in [0.1, 0.15) is 16.7 Å². The molecule has 4 nitrogen and oxygen atoms in total. The Hall–Kier alpha value is -2.67. The van der Waals surface area contributed by atoms with E-state index in [2.05, 4.69) is 11.4 Å². The smallest absolute Gasteiger partial charge is 0.161 e. The van der Waals surface area contributed by atoms with Gasteiger partial charge < -0.3 is 14.8 Å². The van der Waals surface area contributed by atoms with Gasteiger partial charge in [0.1, 0.15) is 6.07 Å². The van der Waals surface area contributed by atoms with Crippen molar-refractivity contribution in [3.8, 4) is 17.6 Å². The highest BCUT2D eigenvalue weighted by Gasteiger charge is 2.06. The maximum atomic E-state index is 9.16. The average molecular weight is 282 g/mol. The van der Waals surface area contributed by atoms with Gasteiger partial charge in [-0.25, -0.2) is 0 Å². The first-order valence-electron chi connectivity index (χ1n) is 6.63. The van der Waals surface area contributed by atoms with Gasteiger partial charge in [0.2, 0.25) is 0 Å². The van der Waals surface area contributed by atoms with Crippen LogP contribution in [0, 0.1) is 18.3 Å². The molecular weight excluding hydrogens is 264 g/mol. The molecule has 0 amide bonds. The van der Waals surface area contributed by atoms with Crippen molar-refractivity contribution < 1.29 is 9.47 Å². The summed E-state index contributed by atoms with van der Waals surface area (Å²) in [6.07, 6.45) is 0. The molecule has 0 atom stereocenters. The van der Waals surface area contributed by atoms with Gasteiger partial charge in [0, 0.05) is 6.54 Å². The maximum Gasteiger partial charge on any atom is 0.161 e. The van der Waals surface area contributed by atoms with E-state index >= 15 is 0 Å². The van der Waals surface area contributed by atoms with Crippen molar-refractivity contribution >= 4 is 5.69 Å². The normalized spacial score (nSPS) is 9.81. The van der Waals surface area contributed by atoms with Crippen molar-refractivity contribution in [3.05, 3.63) is 53.1 Å². The molecule has 0 bridgehead atoms. The number of ether oxygens (including phenoxy) is 2. The van der Waals surface area contributed by atoms with Crippen molar-refractivity contribution in [2.75, 3.05) is 19.5 Å². The third-order valence-electron chi connectivity index (χ3n) is 3.23. The van der Waals surface area contributed by atoms with Gasteiger partial charge in [-0.05, 0) is 42.3 Å². The SMILES string of the molecule is COc1ccc(CNc2ccc(C)cc2C#N)cc1OC. The number of aryl methyl sites for hydroxylation is 1. The predicted molar refractivity (Wildman–Crippen MR) is 82.8 cm³/mol. The lowest BCUT2D eigenvalue weighted by molar-refractivity contribution is 0.354. The summed E-state index contributed by atoms with van der Waals surface area (Å²) in [4.78, 5) is 0. The lowest BCUT2D eigenvalue weighted by atomic mass is 10.1. The van der Waals surface area contributed by atoms with Gasteiger partial charge in [-0.15, -0.1) is 0 Å². The molecule has 0 radical (unpaired) electrons. The largest absolute Gasteiger partial charge is 0.493 e. The van der Waals surface area contributed by atoms with Crippen LogP contribution in [0.3, 0.4) is 0 Å². The first kappa shape index (κ1) is 14.7. The van der Waals surface area contributed by atoms with Gasteiger partial charge in [0.25, 0.3) is 0 Å². The monoisotopic (exact) mass is 282 g/mol. The van der Waals surface area contributed by atoms with Gasteiger partial charge in [0.05, 0.1) is 25.5 Å². The number of rotatable bonds is 5. The van der Waals surface area contributed by atoms with Crippen LogP contribution in [0.15, 0.2) is 36.4 Å². The van der Waals surface area contributed by atoms with Crippen LogP contribution >= 0.6 is 0 Å². The van der Waals surface area contributed by atoms with E-state index in [-0.39, 0.29) is 0 Å². The zero-order valence-corrected chi connectivity index (χ0v) is 12.4. The molecule has 0 unspecified atom stereocenters. The number of methoxy groups -OCH3 is 2. The van der Waals surface area contributed by atoms with E-state index in [0.717, 1.165) is 16.8 Å². The van der Waals surface area contributed by atoms with E-state index in [1.807, 2.05) is 43.3 Å². The maximum absolute atomic E-state index is 9.16. The average Bonchev–Trinajstić information content (AvgIpc) is 2.53. The third kappa shape index (κ3) is 3.46. The van der Waals surface area contributed by atoms with E-state index in [4.69, 9.17) is 14.7 Å². The number of nitrogens with one attached hydrogen (secondary N) is 1. The summed E-state index contributed by atoms with van der Waals surface area (Å²) in [5, 5.41) is 12.4. The molecule has 0 heterocycles. The summed E-state index contributed by atoms with van der Waals surface area (Å²) in [7, 11) is 3.23. The molecule has 2 aromatic rings. The Morgan fingerprint density at radius 1 is 1.05 bits per heavy atom. The van der Waals surface area contributed by atoms with Crippen LogP contribution in [-0.4, -0.2) is 14.2 Å². The Labute approximate surface area is 124 Å². The fourth-order valence-corrected chi connectivity index (χ4v) is 2.09. The lowest BCUT2D eigenvalue weighted by Gasteiger charge is -2.12. The van der Waals surface area contributed by atoms with E-state index < -0.39 is 0 Å². The summed E-state index contributed by atoms with van der Waals surface area (Å²) in [5.41, 5.74) is 3.61. The van der Waals surface area contributed by atoms with Gasteiger partial charge in [-0.3, -0.25) is 0 Å². The first-order valence-corrected chi connectivity index (χ1v) is 6.63. The molecular formula is C17H18N2O2. The van der Waals surface area contributed by atoms with Crippen molar-refractivity contribution in [1.29, 1.82) is 5.26 Å². The zero-order chi connectivity index (χ0) is 15.2. The Bertz CT molecular complexity index is 675. The molecule has 0 aliphatic rings. The minimum Gasteiger partial charge on any atom is -0.493 e. The summed E-state index contributed by atoms with van der Waals surface area (Å²) in [5.74, 6) is 1.40. The molecule has 4 heteroatoms. The fourth-order valence-electron chi connectivity index (χ4n) is 2.09. The molecule has 0 aromatic heterocycles. The summed E-state index contributed by atoms with van der Waals surface area (Å²) in [6, 6.07) is 13.7. The van der Waals surface area contributed by atoms with Crippen molar-refractivity contribution in [3.63, 3.8) is 0 Å². The molecule has 108 valence electrons. The highest BCUT2D eigenvalue weighted by Crippen LogP contribution is 2.28. The van der Waals surface area contributed by atoms with E-state index in [1.54, 1.807) is 14.2 Å². The molecule has 0 aliphatic carbocycles. The van der Waals surface area contributed by atoms with Crippen molar-refractivity contribution in [2.45, 2.75) is 13.5 Å². The molecule has 0 fully saturated rings. The Balaban J connectivity index is 2.15. The van der Waals surface area contributed by atoms with Crippen LogP contribution < -0.4 is 14.8 Å². The number of hydrogen-bond acceptors (Lipinski definition) is 4. The lowest BCUT2D eigenvalue weighted by Crippen LogP contribution is -2.02. The molecule has 2 aromatic carbocycles. The van der Waals surface area contributed by atoms with E-state index in [0.29, 0.717) is 23.6 Å². The Morgan fingerprint density at radius 3 is 2.48 bits per heavy atom. The molecule has 0 saturated heterocycles. The number of anilines is 1. The van der Waals surface area contributed by atoms with E-state index in [9.17, 15) is 0 Å². The second-order valence-electron chi connectivity index (χ2n) is 4.70. The Kier molecular flexibility index (Phi) is 4.68. The Morgan fingerprint density at radius 2 is 1.81 bits per heavy atom. The molecule has 21 heavy (non-hydrogen) atoms. The van der Waals surface area contributed by atoms with Crippen molar-refractivity contribution in [2.24, 2.45) is 0 Å².